The van der Waals surface area contributed by atoms with Crippen molar-refractivity contribution in [3.8, 4) is 11.1 Å². The number of nitrogens with one attached hydrogen (secondary N) is 12. The van der Waals surface area contributed by atoms with E-state index in [4.69, 9.17) is 32.7 Å². The number of methoxy groups -OCH3 is 2. The molecule has 106 heavy (non-hydrogen) atoms. The number of amides is 12. The summed E-state index contributed by atoms with van der Waals surface area (Å²) >= 11 is 14.5. The molecule has 36 nitrogen and oxygen atoms in total. The van der Waals surface area contributed by atoms with Crippen molar-refractivity contribution >= 4 is 105 Å². The zero-order chi connectivity index (χ0) is 76.4. The van der Waals surface area contributed by atoms with E-state index in [0.717, 1.165) is 29.8 Å². The average molecular weight is 1520 g/mol. The molecule has 2 aromatic rings. The van der Waals surface area contributed by atoms with Crippen LogP contribution in [0, 0.1) is 11.8 Å². The third-order valence-electron chi connectivity index (χ3n) is 21.9. The quantitative estimate of drug-likeness (QED) is 0.114. The Hall–Kier alpha value is -8.14. The fraction of sp³-hybridized carbons (Fsp3) is 0.647. The maximum atomic E-state index is 15.6. The molecule has 0 bridgehead atoms. The van der Waals surface area contributed by atoms with E-state index in [1.807, 2.05) is 0 Å². The molecule has 0 aliphatic carbocycles. The monoisotopic (exact) mass is 1520 g/mol. The van der Waals surface area contributed by atoms with E-state index in [2.05, 4.69) is 64.2 Å². The summed E-state index contributed by atoms with van der Waals surface area (Å²) in [6.45, 7) is 9.20. The first-order valence-corrected chi connectivity index (χ1v) is 36.8. The molecule has 10 heterocycles. The van der Waals surface area contributed by atoms with Crippen LogP contribution in [0.15, 0.2) is 24.3 Å². The van der Waals surface area contributed by atoms with Gasteiger partial charge in [0.1, 0.15) is 96.0 Å². The van der Waals surface area contributed by atoms with Crippen LogP contribution in [0.5, 0.6) is 0 Å². The van der Waals surface area contributed by atoms with Crippen molar-refractivity contribution < 1.29 is 87.4 Å². The number of hydrazine groups is 4. The number of aliphatic hydroxyl groups excluding tert-OH is 2. The predicted octanol–water partition coefficient (Wildman–Crippen LogP) is -3.97. The van der Waals surface area contributed by atoms with Crippen LogP contribution in [0.25, 0.3) is 11.1 Å². The lowest BCUT2D eigenvalue weighted by Crippen LogP contribution is -2.69. The van der Waals surface area contributed by atoms with Gasteiger partial charge in [0, 0.05) is 86.9 Å². The van der Waals surface area contributed by atoms with Crippen molar-refractivity contribution in [2.75, 3.05) is 64.2 Å². The van der Waals surface area contributed by atoms with Crippen LogP contribution in [0.1, 0.15) is 117 Å². The molecular formula is C68H94Cl2N18O18. The minimum atomic E-state index is -2.29. The molecular weight excluding hydrogens is 1430 g/mol. The number of hydrogen-bond acceptors (Lipinski definition) is 24. The van der Waals surface area contributed by atoms with Crippen LogP contribution in [-0.2, 0) is 78.2 Å². The summed E-state index contributed by atoms with van der Waals surface area (Å²) in [6.07, 6.45) is -5.55. The highest BCUT2D eigenvalue weighted by Gasteiger charge is 2.64. The van der Waals surface area contributed by atoms with Gasteiger partial charge in [-0.3, -0.25) is 77.6 Å². The van der Waals surface area contributed by atoms with Crippen molar-refractivity contribution in [1.29, 1.82) is 0 Å². The zero-order valence-corrected chi connectivity index (χ0v) is 61.5. The molecule has 0 radical (unpaired) electrons. The lowest BCUT2D eigenvalue weighted by Gasteiger charge is -2.43. The van der Waals surface area contributed by atoms with Crippen molar-refractivity contribution in [3.63, 3.8) is 0 Å². The van der Waals surface area contributed by atoms with E-state index in [1.165, 1.54) is 52.3 Å². The van der Waals surface area contributed by atoms with E-state index < -0.39 is 217 Å². The maximum Gasteiger partial charge on any atom is 0.261 e. The van der Waals surface area contributed by atoms with Gasteiger partial charge in [0.05, 0.1) is 35.5 Å². The summed E-state index contributed by atoms with van der Waals surface area (Å²) in [7, 11) is 2.53. The van der Waals surface area contributed by atoms with Gasteiger partial charge < -0.3 is 82.2 Å². The van der Waals surface area contributed by atoms with Gasteiger partial charge in [-0.25, -0.2) is 21.7 Å². The molecule has 4 unspecified atom stereocenters. The van der Waals surface area contributed by atoms with Crippen molar-refractivity contribution in [2.45, 2.75) is 214 Å². The van der Waals surface area contributed by atoms with E-state index in [9.17, 15) is 49.2 Å². The highest BCUT2D eigenvalue weighted by Crippen LogP contribution is 2.55. The fourth-order valence-corrected chi connectivity index (χ4v) is 16.9. The molecule has 2 aromatic carbocycles. The molecule has 8 fully saturated rings. The Balaban J connectivity index is 0.910. The van der Waals surface area contributed by atoms with Crippen LogP contribution in [0.3, 0.4) is 0 Å². The van der Waals surface area contributed by atoms with Crippen LogP contribution in [0.4, 0.5) is 11.4 Å². The van der Waals surface area contributed by atoms with Gasteiger partial charge in [-0.1, -0.05) is 50.9 Å². The number of rotatable bonds is 9. The average Bonchev–Trinajstić information content (AvgIpc) is 1.55. The van der Waals surface area contributed by atoms with Crippen LogP contribution in [-0.4, -0.2) is 272 Å². The fourth-order valence-electron chi connectivity index (χ4n) is 16.3. The third kappa shape index (κ3) is 14.0. The molecule has 10 aliphatic rings. The Labute approximate surface area is 620 Å². The number of anilines is 2. The second-order valence-corrected chi connectivity index (χ2v) is 30.5. The van der Waals surface area contributed by atoms with Crippen LogP contribution < -0.4 is 64.2 Å². The first kappa shape index (κ1) is 77.5. The van der Waals surface area contributed by atoms with Gasteiger partial charge in [-0.15, -0.1) is 0 Å². The number of carbonyl (C=O) groups is 12. The first-order valence-electron chi connectivity index (χ1n) is 36.1. The maximum absolute atomic E-state index is 15.6. The Morgan fingerprint density at radius 2 is 0.726 bits per heavy atom. The summed E-state index contributed by atoms with van der Waals surface area (Å²) in [6, 6.07) is -12.2. The summed E-state index contributed by atoms with van der Waals surface area (Å²) in [5.74, 6) is -11.8. The molecule has 0 aromatic heterocycles. The Morgan fingerprint density at radius 3 is 1.05 bits per heavy atom. The van der Waals surface area contributed by atoms with E-state index in [0.29, 0.717) is 38.8 Å². The summed E-state index contributed by atoms with van der Waals surface area (Å²) in [5, 5.41) is 76.7. The van der Waals surface area contributed by atoms with Crippen LogP contribution in [0.2, 0.25) is 10.0 Å². The Kier molecular flexibility index (Phi) is 22.5. The Morgan fingerprint density at radius 1 is 0.415 bits per heavy atom. The molecule has 12 rings (SSSR count). The molecule has 0 saturated carbocycles. The molecule has 18 atom stereocenters. The number of nitrogens with zero attached hydrogens (tertiary/aromatic N) is 6. The van der Waals surface area contributed by atoms with E-state index in [-0.39, 0.29) is 82.4 Å². The van der Waals surface area contributed by atoms with Crippen molar-refractivity contribution in [3.05, 3.63) is 45.4 Å². The number of carbonyl (C=O) groups excluding carboxylic acids is 12. The summed E-state index contributed by atoms with van der Waals surface area (Å²) < 4.78 is 10.7. The van der Waals surface area contributed by atoms with Gasteiger partial charge in [0.2, 0.25) is 47.3 Å². The summed E-state index contributed by atoms with van der Waals surface area (Å²) in [4.78, 5) is 181. The summed E-state index contributed by atoms with van der Waals surface area (Å²) in [5.41, 5.74) is 7.92. The second kappa shape index (κ2) is 30.8. The predicted molar refractivity (Wildman–Crippen MR) is 375 cm³/mol. The lowest BCUT2D eigenvalue weighted by molar-refractivity contribution is -0.161. The van der Waals surface area contributed by atoms with Gasteiger partial charge in [0.25, 0.3) is 23.6 Å². The number of hydrogen-bond donors (Lipinski definition) is 16. The van der Waals surface area contributed by atoms with E-state index >= 15 is 28.8 Å². The van der Waals surface area contributed by atoms with Crippen molar-refractivity contribution in [1.82, 2.24) is 83.4 Å². The molecule has 12 amide bonds. The molecule has 10 aliphatic heterocycles. The topological polar surface area (TPSA) is 468 Å². The normalized spacial score (nSPS) is 33.5. The van der Waals surface area contributed by atoms with Gasteiger partial charge in [-0.2, -0.15) is 0 Å². The molecule has 0 spiro atoms. The van der Waals surface area contributed by atoms with Gasteiger partial charge in [-0.05, 0) is 101 Å². The van der Waals surface area contributed by atoms with Crippen LogP contribution >= 0.6 is 23.2 Å². The molecule has 578 valence electrons. The molecule has 8 saturated heterocycles. The Bertz CT molecular complexity index is 3630. The smallest absolute Gasteiger partial charge is 0.261 e. The highest BCUT2D eigenvalue weighted by atomic mass is 35.5. The van der Waals surface area contributed by atoms with Gasteiger partial charge in [0.15, 0.2) is 0 Å². The standard InChI is InChI=1S/C68H94Cl2N18O18/c1-29(2)49-63(101)87-45(15-11-19-73-87)59(97)85-43(13-9-17-71-85)55(93)75-41(27-105-7)53(91)81-51(31(5)89)61(99)83-47(57(95)79-49)25-67(103)35-21-33(37(69)23-39(35)77-65(67)83)34-22-36-40(24-38(34)70)78-66-68(36,104)26-48-58(96)80-50(30(3)4)64(102)88-46(16-12-20-74-88)60(98)86-44(14-10-18-72-86)56(94)76-42(28-106-8)54(92)82-52(32(6)90)62(100)84(48)66/h21-24,29-32,41-52,65-66,71-74,77-78,89-90,103-104H,9-20,25-28H2,1-8H3,(H,75,93)(H,76,94)(H,79,95)(H,80,96)(H,81,91)(H,82,92)/t31?,32?,41-,42-,43?,44?,45-,46-,47-,48-,49+,50+,51+,52+,65-,66-,67+,68+/m0/s1. The molecule has 16 N–H and O–H groups in total. The highest BCUT2D eigenvalue weighted by molar-refractivity contribution is 6.37. The number of halogens is 2. The SMILES string of the molecule is COC[C@@H]1NC(=O)C2CCCNN2C(=O)[C@@H]2CCCNN2C(=O)[C@@H](C(C)C)NC(=O)[C@@H]2C[C@@]3(O)c4cc(-c5cc6c(cc5Cl)N[C@H]5N7C(=O)[C@@H](C(C)O)NC(=O)[C@H](COC)NC(=O)C8CCCNN8C(=O)[C@@H]8CCCNN8C(=O)[C@@H](C(C)C)NC(=O)[C@@H]7C[C@@]65O)c(Cl)cc4N[C@H]3N2C(=O)[C@@H](C(C)O)NC1=O. The van der Waals surface area contributed by atoms with Crippen molar-refractivity contribution in [2.24, 2.45) is 11.8 Å². The number of fused-ring (bicyclic) bond motifs is 14. The molecule has 38 heteroatoms. The third-order valence-corrected chi connectivity index (χ3v) is 22.5. The number of ether oxygens (including phenoxy) is 2. The second-order valence-electron chi connectivity index (χ2n) is 29.7. The van der Waals surface area contributed by atoms with E-state index in [1.54, 1.807) is 27.7 Å². The zero-order valence-electron chi connectivity index (χ0n) is 60.0. The minimum Gasteiger partial charge on any atom is -0.391 e. The lowest BCUT2D eigenvalue weighted by atomic mass is 9.86. The van der Waals surface area contributed by atoms with Gasteiger partial charge >= 0.3 is 0 Å². The number of benzene rings is 2. The number of aliphatic hydroxyl groups is 4. The minimum absolute atomic E-state index is 0.0299. The first-order chi connectivity index (χ1) is 50.3. The largest absolute Gasteiger partial charge is 0.391 e.